The highest BCUT2D eigenvalue weighted by atomic mass is 127. The molecule has 1 saturated carbocycles. The smallest absolute Gasteiger partial charge is 0.194 e. The Labute approximate surface area is 174 Å². The van der Waals surface area contributed by atoms with E-state index in [1.807, 2.05) is 0 Å². The number of morpholine rings is 1. The Balaban J connectivity index is 0.00000196. The van der Waals surface area contributed by atoms with Crippen LogP contribution in [0.25, 0.3) is 0 Å². The first-order valence-electron chi connectivity index (χ1n) is 9.70. The van der Waals surface area contributed by atoms with Crippen LogP contribution in [-0.4, -0.2) is 66.7 Å². The standard InChI is InChI=1S/C20H30N4O.HI/c1-3-21-20(22-17-11-15(17)2)24-13-18-19(14-24)25-10-9-23(18)12-16-7-5-4-6-8-16;/h4-8,15,17-19H,3,9-14H2,1-2H3,(H,21,22);1H. The molecule has 3 fully saturated rings. The third-order valence-corrected chi connectivity index (χ3v) is 5.68. The van der Waals surface area contributed by atoms with Gasteiger partial charge in [0.2, 0.25) is 0 Å². The van der Waals surface area contributed by atoms with E-state index in [0.717, 1.165) is 51.2 Å². The molecule has 5 nitrogen and oxygen atoms in total. The van der Waals surface area contributed by atoms with Gasteiger partial charge in [0.05, 0.1) is 18.8 Å². The van der Waals surface area contributed by atoms with Gasteiger partial charge in [-0.15, -0.1) is 24.0 Å². The number of fused-ring (bicyclic) bond motifs is 1. The van der Waals surface area contributed by atoms with Gasteiger partial charge in [0.15, 0.2) is 5.96 Å². The van der Waals surface area contributed by atoms with Crippen molar-refractivity contribution in [2.75, 3.05) is 32.8 Å². The van der Waals surface area contributed by atoms with Gasteiger partial charge in [-0.05, 0) is 24.8 Å². The van der Waals surface area contributed by atoms with Gasteiger partial charge in [0.1, 0.15) is 0 Å². The minimum atomic E-state index is 0. The molecule has 4 rings (SSSR count). The summed E-state index contributed by atoms with van der Waals surface area (Å²) in [5, 5.41) is 3.66. The van der Waals surface area contributed by atoms with Crippen molar-refractivity contribution in [3.05, 3.63) is 35.9 Å². The maximum atomic E-state index is 6.10. The van der Waals surface area contributed by atoms with E-state index in [2.05, 4.69) is 59.3 Å². The molecule has 1 aliphatic carbocycles. The molecule has 6 heteroatoms. The second kappa shape index (κ2) is 8.89. The van der Waals surface area contributed by atoms with Gasteiger partial charge < -0.3 is 15.0 Å². The molecule has 1 N–H and O–H groups in total. The van der Waals surface area contributed by atoms with Gasteiger partial charge in [0, 0.05) is 38.8 Å². The van der Waals surface area contributed by atoms with Crippen LogP contribution in [0.3, 0.4) is 0 Å². The van der Waals surface area contributed by atoms with E-state index >= 15 is 0 Å². The number of aliphatic imine (C=N–C) groups is 1. The van der Waals surface area contributed by atoms with Crippen LogP contribution in [0.1, 0.15) is 25.8 Å². The normalized spacial score (nSPS) is 31.3. The van der Waals surface area contributed by atoms with Crippen molar-refractivity contribution < 1.29 is 4.74 Å². The number of guanidine groups is 1. The Kier molecular flexibility index (Phi) is 6.80. The van der Waals surface area contributed by atoms with Gasteiger partial charge in [-0.2, -0.15) is 0 Å². The van der Waals surface area contributed by atoms with Crippen molar-refractivity contribution in [1.29, 1.82) is 0 Å². The van der Waals surface area contributed by atoms with Crippen molar-refractivity contribution >= 4 is 29.9 Å². The Hall–Kier alpha value is -0.860. The van der Waals surface area contributed by atoms with E-state index in [0.29, 0.717) is 12.1 Å². The minimum Gasteiger partial charge on any atom is -0.373 e. The topological polar surface area (TPSA) is 40.1 Å². The van der Waals surface area contributed by atoms with Crippen molar-refractivity contribution in [3.8, 4) is 0 Å². The zero-order valence-corrected chi connectivity index (χ0v) is 18.1. The molecule has 26 heavy (non-hydrogen) atoms. The molecule has 0 radical (unpaired) electrons. The van der Waals surface area contributed by atoms with Gasteiger partial charge in [0.25, 0.3) is 0 Å². The SMILES string of the molecule is CCN=C(NC1CC1C)N1CC2OCCN(Cc3ccccc3)C2C1.I. The van der Waals surface area contributed by atoms with E-state index in [1.165, 1.54) is 12.0 Å². The Bertz CT molecular complexity index is 611. The molecular weight excluding hydrogens is 439 g/mol. The fourth-order valence-electron chi connectivity index (χ4n) is 4.02. The Morgan fingerprint density at radius 2 is 2.04 bits per heavy atom. The average molecular weight is 470 g/mol. The monoisotopic (exact) mass is 470 g/mol. The first-order valence-corrected chi connectivity index (χ1v) is 9.70. The Morgan fingerprint density at radius 1 is 1.27 bits per heavy atom. The highest BCUT2D eigenvalue weighted by molar-refractivity contribution is 14.0. The number of nitrogens with zero attached hydrogens (tertiary/aromatic N) is 3. The van der Waals surface area contributed by atoms with Gasteiger partial charge in [-0.3, -0.25) is 9.89 Å². The molecule has 0 bridgehead atoms. The first kappa shape index (κ1) is 19.9. The van der Waals surface area contributed by atoms with Crippen molar-refractivity contribution in [3.63, 3.8) is 0 Å². The molecule has 1 aromatic rings. The van der Waals surface area contributed by atoms with Gasteiger partial charge in [-0.25, -0.2) is 0 Å². The van der Waals surface area contributed by atoms with Crippen LogP contribution in [0.15, 0.2) is 35.3 Å². The summed E-state index contributed by atoms with van der Waals surface area (Å²) in [6.45, 7) is 10.0. The first-order chi connectivity index (χ1) is 12.2. The molecule has 0 aromatic heterocycles. The predicted octanol–water partition coefficient (Wildman–Crippen LogP) is 2.56. The molecule has 2 heterocycles. The molecular formula is C20H31IN4O. The van der Waals surface area contributed by atoms with Gasteiger partial charge in [-0.1, -0.05) is 37.3 Å². The highest BCUT2D eigenvalue weighted by Gasteiger charge is 2.42. The van der Waals surface area contributed by atoms with Crippen molar-refractivity contribution in [1.82, 2.24) is 15.1 Å². The summed E-state index contributed by atoms with van der Waals surface area (Å²) in [7, 11) is 0. The molecule has 0 spiro atoms. The lowest BCUT2D eigenvalue weighted by molar-refractivity contribution is -0.0502. The van der Waals surface area contributed by atoms with Crippen LogP contribution in [0.2, 0.25) is 0 Å². The average Bonchev–Trinajstić information content (AvgIpc) is 3.14. The second-order valence-corrected chi connectivity index (χ2v) is 7.60. The van der Waals surface area contributed by atoms with Crippen LogP contribution in [0.4, 0.5) is 0 Å². The second-order valence-electron chi connectivity index (χ2n) is 7.60. The maximum Gasteiger partial charge on any atom is 0.194 e. The predicted molar refractivity (Wildman–Crippen MR) is 116 cm³/mol. The lowest BCUT2D eigenvalue weighted by Gasteiger charge is -2.36. The molecule has 2 aliphatic heterocycles. The van der Waals surface area contributed by atoms with E-state index in [-0.39, 0.29) is 30.1 Å². The fraction of sp³-hybridized carbons (Fsp3) is 0.650. The summed E-state index contributed by atoms with van der Waals surface area (Å²) in [4.78, 5) is 9.75. The molecule has 4 atom stereocenters. The number of likely N-dealkylation sites (tertiary alicyclic amines) is 1. The van der Waals surface area contributed by atoms with Crippen LogP contribution in [0.5, 0.6) is 0 Å². The van der Waals surface area contributed by atoms with E-state index in [9.17, 15) is 0 Å². The quantitative estimate of drug-likeness (QED) is 0.417. The third-order valence-electron chi connectivity index (χ3n) is 5.68. The summed E-state index contributed by atoms with van der Waals surface area (Å²) >= 11 is 0. The summed E-state index contributed by atoms with van der Waals surface area (Å²) in [6, 6.07) is 11.8. The zero-order chi connectivity index (χ0) is 17.2. The summed E-state index contributed by atoms with van der Waals surface area (Å²) in [6.07, 6.45) is 1.55. The molecule has 1 aromatic carbocycles. The van der Waals surface area contributed by atoms with Crippen molar-refractivity contribution in [2.24, 2.45) is 10.9 Å². The third kappa shape index (κ3) is 4.51. The molecule has 3 aliphatic rings. The number of hydrogen-bond acceptors (Lipinski definition) is 3. The van der Waals surface area contributed by atoms with Crippen LogP contribution in [-0.2, 0) is 11.3 Å². The minimum absolute atomic E-state index is 0. The molecule has 4 unspecified atom stereocenters. The summed E-state index contributed by atoms with van der Waals surface area (Å²) in [5.41, 5.74) is 1.38. The van der Waals surface area contributed by atoms with Gasteiger partial charge >= 0.3 is 0 Å². The molecule has 2 saturated heterocycles. The summed E-state index contributed by atoms with van der Waals surface area (Å²) < 4.78 is 6.10. The molecule has 0 amide bonds. The number of halogens is 1. The highest BCUT2D eigenvalue weighted by Crippen LogP contribution is 2.30. The van der Waals surface area contributed by atoms with E-state index < -0.39 is 0 Å². The van der Waals surface area contributed by atoms with E-state index in [4.69, 9.17) is 9.73 Å². The fourth-order valence-corrected chi connectivity index (χ4v) is 4.02. The number of rotatable bonds is 4. The summed E-state index contributed by atoms with van der Waals surface area (Å²) in [5.74, 6) is 1.85. The number of hydrogen-bond donors (Lipinski definition) is 1. The zero-order valence-electron chi connectivity index (χ0n) is 15.8. The number of ether oxygens (including phenoxy) is 1. The lowest BCUT2D eigenvalue weighted by Crippen LogP contribution is -2.50. The molecule has 144 valence electrons. The van der Waals surface area contributed by atoms with Crippen LogP contribution < -0.4 is 5.32 Å². The Morgan fingerprint density at radius 3 is 2.73 bits per heavy atom. The maximum absolute atomic E-state index is 6.10. The van der Waals surface area contributed by atoms with Crippen LogP contribution >= 0.6 is 24.0 Å². The van der Waals surface area contributed by atoms with E-state index in [1.54, 1.807) is 0 Å². The lowest BCUT2D eigenvalue weighted by atomic mass is 10.1. The largest absolute Gasteiger partial charge is 0.373 e. The van der Waals surface area contributed by atoms with Crippen LogP contribution in [0, 0.1) is 5.92 Å². The number of nitrogens with one attached hydrogen (secondary N) is 1. The number of benzene rings is 1. The van der Waals surface area contributed by atoms with Crippen molar-refractivity contribution in [2.45, 2.75) is 45.0 Å².